The summed E-state index contributed by atoms with van der Waals surface area (Å²) in [4.78, 5) is 4.27. The van der Waals surface area contributed by atoms with Crippen LogP contribution >= 0.6 is 0 Å². The minimum Gasteiger partial charge on any atom is -0.330 e. The van der Waals surface area contributed by atoms with Gasteiger partial charge in [-0.15, -0.1) is 0 Å². The van der Waals surface area contributed by atoms with E-state index in [0.29, 0.717) is 19.4 Å². The highest BCUT2D eigenvalue weighted by Crippen LogP contribution is 2.44. The topological polar surface area (TPSA) is 38.9 Å². The summed E-state index contributed by atoms with van der Waals surface area (Å²) in [6.07, 6.45) is 2.38. The number of hydrogen-bond acceptors (Lipinski definition) is 2. The summed E-state index contributed by atoms with van der Waals surface area (Å²) >= 11 is 0. The Balaban J connectivity index is 2.23. The first kappa shape index (κ1) is 11.5. The van der Waals surface area contributed by atoms with Crippen molar-refractivity contribution in [3.63, 3.8) is 0 Å². The summed E-state index contributed by atoms with van der Waals surface area (Å²) in [5.41, 5.74) is 6.28. The number of nitrogens with two attached hydrogens (primary N) is 1. The minimum atomic E-state index is -2.52. The fourth-order valence-electron chi connectivity index (χ4n) is 2.34. The van der Waals surface area contributed by atoms with Gasteiger partial charge in [-0.25, -0.2) is 8.78 Å². The number of nitrogens with zero attached hydrogens (tertiary/aromatic N) is 1. The lowest BCUT2D eigenvalue weighted by Crippen LogP contribution is -2.42. The van der Waals surface area contributed by atoms with Crippen molar-refractivity contribution in [3.05, 3.63) is 30.1 Å². The molecule has 1 aliphatic carbocycles. The number of rotatable bonds is 2. The van der Waals surface area contributed by atoms with Gasteiger partial charge in [0, 0.05) is 36.7 Å². The number of alkyl halides is 2. The highest BCUT2D eigenvalue weighted by atomic mass is 19.3. The second-order valence-electron chi connectivity index (χ2n) is 4.56. The van der Waals surface area contributed by atoms with Crippen LogP contribution in [0.1, 0.15) is 31.4 Å². The SMILES string of the molecule is NCC1(c2ccccn2)CCC(F)(F)CC1. The smallest absolute Gasteiger partial charge is 0.248 e. The van der Waals surface area contributed by atoms with Crippen molar-refractivity contribution in [3.8, 4) is 0 Å². The van der Waals surface area contributed by atoms with E-state index in [1.807, 2.05) is 18.2 Å². The first-order valence-electron chi connectivity index (χ1n) is 5.57. The standard InChI is InChI=1S/C12H16F2N2/c13-12(14)6-4-11(9-15,5-7-12)10-3-1-2-8-16-10/h1-3,8H,4-7,9,15H2. The molecule has 0 amide bonds. The summed E-state index contributed by atoms with van der Waals surface area (Å²) in [5, 5.41) is 0. The zero-order chi connectivity index (χ0) is 11.6. The molecule has 1 aromatic heterocycles. The van der Waals surface area contributed by atoms with E-state index in [1.165, 1.54) is 0 Å². The Morgan fingerprint density at radius 3 is 2.38 bits per heavy atom. The average Bonchev–Trinajstić information content (AvgIpc) is 2.31. The van der Waals surface area contributed by atoms with Crippen molar-refractivity contribution in [2.45, 2.75) is 37.0 Å². The van der Waals surface area contributed by atoms with Crippen molar-refractivity contribution in [1.29, 1.82) is 0 Å². The quantitative estimate of drug-likeness (QED) is 0.841. The van der Waals surface area contributed by atoms with Crippen LogP contribution in [-0.2, 0) is 5.41 Å². The molecule has 16 heavy (non-hydrogen) atoms. The van der Waals surface area contributed by atoms with Crippen LogP contribution in [0.25, 0.3) is 0 Å². The molecule has 0 aliphatic heterocycles. The first-order valence-corrected chi connectivity index (χ1v) is 5.57. The Morgan fingerprint density at radius 2 is 1.88 bits per heavy atom. The van der Waals surface area contributed by atoms with Gasteiger partial charge in [0.1, 0.15) is 0 Å². The Hall–Kier alpha value is -1.03. The fraction of sp³-hybridized carbons (Fsp3) is 0.583. The van der Waals surface area contributed by atoms with Crippen LogP contribution in [0, 0.1) is 0 Å². The molecular weight excluding hydrogens is 210 g/mol. The zero-order valence-electron chi connectivity index (χ0n) is 9.13. The van der Waals surface area contributed by atoms with Gasteiger partial charge >= 0.3 is 0 Å². The third-order valence-electron chi connectivity index (χ3n) is 3.54. The summed E-state index contributed by atoms with van der Waals surface area (Å²) in [5.74, 6) is -2.52. The third-order valence-corrected chi connectivity index (χ3v) is 3.54. The van der Waals surface area contributed by atoms with Crippen molar-refractivity contribution in [2.75, 3.05) is 6.54 Å². The lowest BCUT2D eigenvalue weighted by atomic mass is 9.70. The molecule has 1 saturated carbocycles. The first-order chi connectivity index (χ1) is 7.58. The zero-order valence-corrected chi connectivity index (χ0v) is 9.13. The predicted molar refractivity (Wildman–Crippen MR) is 58.4 cm³/mol. The van der Waals surface area contributed by atoms with Crippen molar-refractivity contribution in [1.82, 2.24) is 4.98 Å². The van der Waals surface area contributed by atoms with E-state index in [0.717, 1.165) is 5.69 Å². The van der Waals surface area contributed by atoms with Gasteiger partial charge in [0.25, 0.3) is 0 Å². The Kier molecular flexibility index (Phi) is 2.93. The monoisotopic (exact) mass is 226 g/mol. The molecule has 4 heteroatoms. The Morgan fingerprint density at radius 1 is 1.19 bits per heavy atom. The fourth-order valence-corrected chi connectivity index (χ4v) is 2.34. The molecule has 88 valence electrons. The molecular formula is C12H16F2N2. The van der Waals surface area contributed by atoms with Gasteiger partial charge < -0.3 is 5.73 Å². The molecule has 2 nitrogen and oxygen atoms in total. The van der Waals surface area contributed by atoms with Gasteiger partial charge in [0.05, 0.1) is 0 Å². The van der Waals surface area contributed by atoms with Crippen molar-refractivity contribution in [2.24, 2.45) is 5.73 Å². The van der Waals surface area contributed by atoms with Crippen LogP contribution in [-0.4, -0.2) is 17.5 Å². The maximum Gasteiger partial charge on any atom is 0.248 e. The summed E-state index contributed by atoms with van der Waals surface area (Å²) in [7, 11) is 0. The lowest BCUT2D eigenvalue weighted by Gasteiger charge is -2.38. The highest BCUT2D eigenvalue weighted by Gasteiger charge is 2.44. The van der Waals surface area contributed by atoms with Gasteiger partial charge in [-0.3, -0.25) is 4.98 Å². The molecule has 0 radical (unpaired) electrons. The number of halogens is 2. The molecule has 0 unspecified atom stereocenters. The van der Waals surface area contributed by atoms with E-state index < -0.39 is 5.92 Å². The van der Waals surface area contributed by atoms with E-state index in [4.69, 9.17) is 5.73 Å². The van der Waals surface area contributed by atoms with Crippen LogP contribution in [0.4, 0.5) is 8.78 Å². The van der Waals surface area contributed by atoms with E-state index >= 15 is 0 Å². The third kappa shape index (κ3) is 2.07. The van der Waals surface area contributed by atoms with Gasteiger partial charge in [-0.05, 0) is 25.0 Å². The molecule has 0 bridgehead atoms. The van der Waals surface area contributed by atoms with Crippen LogP contribution in [0.3, 0.4) is 0 Å². The Bertz CT molecular complexity index is 341. The van der Waals surface area contributed by atoms with Gasteiger partial charge in [0.2, 0.25) is 5.92 Å². The average molecular weight is 226 g/mol. The molecule has 0 spiro atoms. The molecule has 2 rings (SSSR count). The molecule has 0 atom stereocenters. The normalized spacial score (nSPS) is 22.9. The molecule has 1 aromatic rings. The van der Waals surface area contributed by atoms with Gasteiger partial charge in [0.15, 0.2) is 0 Å². The van der Waals surface area contributed by atoms with Gasteiger partial charge in [-0.2, -0.15) is 0 Å². The van der Waals surface area contributed by atoms with Gasteiger partial charge in [-0.1, -0.05) is 6.07 Å². The maximum absolute atomic E-state index is 13.1. The Labute approximate surface area is 93.9 Å². The summed E-state index contributed by atoms with van der Waals surface area (Å²) in [6, 6.07) is 5.59. The largest absolute Gasteiger partial charge is 0.330 e. The van der Waals surface area contributed by atoms with Crippen molar-refractivity contribution >= 4 is 0 Å². The second kappa shape index (κ2) is 4.09. The van der Waals surface area contributed by atoms with Crippen molar-refractivity contribution < 1.29 is 8.78 Å². The summed E-state index contributed by atoms with van der Waals surface area (Å²) < 4.78 is 26.3. The van der Waals surface area contributed by atoms with E-state index in [-0.39, 0.29) is 18.3 Å². The highest BCUT2D eigenvalue weighted by molar-refractivity contribution is 5.19. The predicted octanol–water partition coefficient (Wildman–Crippen LogP) is 2.49. The molecule has 2 N–H and O–H groups in total. The molecule has 0 aromatic carbocycles. The maximum atomic E-state index is 13.1. The molecule has 0 saturated heterocycles. The minimum absolute atomic E-state index is 0.0826. The molecule has 1 heterocycles. The molecule has 1 fully saturated rings. The van der Waals surface area contributed by atoms with E-state index in [9.17, 15) is 8.78 Å². The lowest BCUT2D eigenvalue weighted by molar-refractivity contribution is -0.0514. The van der Waals surface area contributed by atoms with E-state index in [2.05, 4.69) is 4.98 Å². The van der Waals surface area contributed by atoms with Crippen LogP contribution < -0.4 is 5.73 Å². The number of aromatic nitrogens is 1. The number of hydrogen-bond donors (Lipinski definition) is 1. The second-order valence-corrected chi connectivity index (χ2v) is 4.56. The van der Waals surface area contributed by atoms with Crippen LogP contribution in [0.15, 0.2) is 24.4 Å². The number of pyridine rings is 1. The molecule has 1 aliphatic rings. The van der Waals surface area contributed by atoms with E-state index in [1.54, 1.807) is 6.20 Å². The van der Waals surface area contributed by atoms with Crippen LogP contribution in [0.2, 0.25) is 0 Å². The summed E-state index contributed by atoms with van der Waals surface area (Å²) in [6.45, 7) is 0.389. The van der Waals surface area contributed by atoms with Crippen LogP contribution in [0.5, 0.6) is 0 Å².